The number of anilines is 1. The maximum atomic E-state index is 11.6. The van der Waals surface area contributed by atoms with Crippen LogP contribution in [0.3, 0.4) is 0 Å². The first-order chi connectivity index (χ1) is 7.54. The Morgan fingerprint density at radius 2 is 2.31 bits per heavy atom. The van der Waals surface area contributed by atoms with Crippen molar-refractivity contribution in [3.05, 3.63) is 6.33 Å². The van der Waals surface area contributed by atoms with E-state index in [9.17, 15) is 4.79 Å². The van der Waals surface area contributed by atoms with Gasteiger partial charge in [0.25, 0.3) is 6.23 Å². The van der Waals surface area contributed by atoms with Crippen LogP contribution in [0.15, 0.2) is 6.33 Å². The number of hydrogen-bond donors (Lipinski definition) is 1. The van der Waals surface area contributed by atoms with Crippen LogP contribution in [0.4, 0.5) is 5.95 Å². The van der Waals surface area contributed by atoms with Gasteiger partial charge in [-0.3, -0.25) is 0 Å². The van der Waals surface area contributed by atoms with Crippen LogP contribution in [-0.4, -0.2) is 33.4 Å². The summed E-state index contributed by atoms with van der Waals surface area (Å²) in [5.41, 5.74) is 5.37. The Morgan fingerprint density at radius 3 is 2.75 bits per heavy atom. The highest BCUT2D eigenvalue weighted by molar-refractivity contribution is 5.72. The molecule has 0 spiro atoms. The number of carbonyl (C=O) groups excluding carboxylic acids is 1. The van der Waals surface area contributed by atoms with Gasteiger partial charge in [0.1, 0.15) is 6.33 Å². The van der Waals surface area contributed by atoms with Crippen LogP contribution in [0, 0.1) is 0 Å². The van der Waals surface area contributed by atoms with Gasteiger partial charge < -0.3 is 15.2 Å². The standard InChI is InChI=1S/C9H16N4O3/c1-4-15-8(14)7(16-6(2)3)13-5-11-9(10)12-13/h5-7H,4H2,1-3H3,(H2,10,12). The Kier molecular flexibility index (Phi) is 4.24. The molecule has 1 unspecified atom stereocenters. The van der Waals surface area contributed by atoms with Gasteiger partial charge in [0.2, 0.25) is 5.95 Å². The first-order valence-corrected chi connectivity index (χ1v) is 5.03. The molecule has 16 heavy (non-hydrogen) atoms. The average Bonchev–Trinajstić information content (AvgIpc) is 2.61. The van der Waals surface area contributed by atoms with Gasteiger partial charge in [-0.1, -0.05) is 0 Å². The molecule has 2 N–H and O–H groups in total. The third kappa shape index (κ3) is 3.20. The quantitative estimate of drug-likeness (QED) is 0.731. The highest BCUT2D eigenvalue weighted by Crippen LogP contribution is 2.12. The fourth-order valence-corrected chi connectivity index (χ4v) is 1.10. The fourth-order valence-electron chi connectivity index (χ4n) is 1.10. The van der Waals surface area contributed by atoms with E-state index >= 15 is 0 Å². The Hall–Kier alpha value is -1.63. The maximum absolute atomic E-state index is 11.6. The Morgan fingerprint density at radius 1 is 1.62 bits per heavy atom. The first kappa shape index (κ1) is 12.4. The van der Waals surface area contributed by atoms with Crippen molar-refractivity contribution < 1.29 is 14.3 Å². The molecule has 0 aliphatic carbocycles. The van der Waals surface area contributed by atoms with Gasteiger partial charge in [-0.2, -0.15) is 0 Å². The lowest BCUT2D eigenvalue weighted by Gasteiger charge is -2.18. The minimum absolute atomic E-state index is 0.0849. The predicted molar refractivity (Wildman–Crippen MR) is 56.3 cm³/mol. The lowest BCUT2D eigenvalue weighted by Crippen LogP contribution is -2.27. The van der Waals surface area contributed by atoms with Gasteiger partial charge in [-0.15, -0.1) is 5.10 Å². The van der Waals surface area contributed by atoms with Crippen LogP contribution in [0.25, 0.3) is 0 Å². The van der Waals surface area contributed by atoms with Crippen molar-refractivity contribution in [2.75, 3.05) is 12.3 Å². The van der Waals surface area contributed by atoms with Gasteiger partial charge in [0, 0.05) is 0 Å². The molecule has 1 rings (SSSR count). The minimum Gasteiger partial charge on any atom is -0.463 e. The van der Waals surface area contributed by atoms with E-state index in [-0.39, 0.29) is 18.7 Å². The fraction of sp³-hybridized carbons (Fsp3) is 0.667. The molecule has 1 atom stereocenters. The Bertz CT molecular complexity index is 350. The zero-order valence-corrected chi connectivity index (χ0v) is 9.58. The summed E-state index contributed by atoms with van der Waals surface area (Å²) in [5, 5.41) is 3.82. The van der Waals surface area contributed by atoms with Crippen LogP contribution in [0.2, 0.25) is 0 Å². The van der Waals surface area contributed by atoms with E-state index in [0.717, 1.165) is 0 Å². The number of nitrogens with zero attached hydrogens (tertiary/aromatic N) is 3. The van der Waals surface area contributed by atoms with Crippen LogP contribution >= 0.6 is 0 Å². The summed E-state index contributed by atoms with van der Waals surface area (Å²) in [7, 11) is 0. The summed E-state index contributed by atoms with van der Waals surface area (Å²) < 4.78 is 11.5. The van der Waals surface area contributed by atoms with Crippen molar-refractivity contribution in [2.24, 2.45) is 0 Å². The zero-order chi connectivity index (χ0) is 12.1. The SMILES string of the molecule is CCOC(=O)C(OC(C)C)n1cnc(N)n1. The second-order valence-corrected chi connectivity index (χ2v) is 3.37. The summed E-state index contributed by atoms with van der Waals surface area (Å²) in [6.45, 7) is 5.63. The molecule has 7 nitrogen and oxygen atoms in total. The van der Waals surface area contributed by atoms with Gasteiger partial charge >= 0.3 is 5.97 Å². The monoisotopic (exact) mass is 228 g/mol. The van der Waals surface area contributed by atoms with Crippen molar-refractivity contribution in [3.63, 3.8) is 0 Å². The van der Waals surface area contributed by atoms with Crippen LogP contribution < -0.4 is 5.73 Å². The maximum Gasteiger partial charge on any atom is 0.358 e. The third-order valence-corrected chi connectivity index (χ3v) is 1.66. The molecule has 1 aromatic rings. The second-order valence-electron chi connectivity index (χ2n) is 3.37. The topological polar surface area (TPSA) is 92.3 Å². The molecule has 1 heterocycles. The molecule has 0 aliphatic rings. The highest BCUT2D eigenvalue weighted by Gasteiger charge is 2.25. The van der Waals surface area contributed by atoms with E-state index in [1.165, 1.54) is 11.0 Å². The number of nitrogens with two attached hydrogens (primary N) is 1. The Labute approximate surface area is 93.5 Å². The summed E-state index contributed by atoms with van der Waals surface area (Å²) in [5.74, 6) is -0.428. The number of ether oxygens (including phenoxy) is 2. The molecule has 7 heteroatoms. The second kappa shape index (κ2) is 5.45. The third-order valence-electron chi connectivity index (χ3n) is 1.66. The number of nitrogen functional groups attached to an aromatic ring is 1. The summed E-state index contributed by atoms with van der Waals surface area (Å²) >= 11 is 0. The van der Waals surface area contributed by atoms with Gasteiger partial charge in [0.05, 0.1) is 12.7 Å². The molecule has 0 amide bonds. The van der Waals surface area contributed by atoms with Crippen molar-refractivity contribution in [2.45, 2.75) is 33.1 Å². The van der Waals surface area contributed by atoms with Gasteiger partial charge in [0.15, 0.2) is 0 Å². The van der Waals surface area contributed by atoms with Crippen molar-refractivity contribution >= 4 is 11.9 Å². The van der Waals surface area contributed by atoms with E-state index in [1.54, 1.807) is 6.92 Å². The Balaban J connectivity index is 2.82. The molecule has 1 aromatic heterocycles. The van der Waals surface area contributed by atoms with Crippen LogP contribution in [-0.2, 0) is 14.3 Å². The van der Waals surface area contributed by atoms with Crippen molar-refractivity contribution in [3.8, 4) is 0 Å². The first-order valence-electron chi connectivity index (χ1n) is 5.03. The lowest BCUT2D eigenvalue weighted by molar-refractivity contribution is -0.168. The van der Waals surface area contributed by atoms with Crippen molar-refractivity contribution in [1.82, 2.24) is 14.8 Å². The van der Waals surface area contributed by atoms with Gasteiger partial charge in [-0.05, 0) is 20.8 Å². The highest BCUT2D eigenvalue weighted by atomic mass is 16.6. The van der Waals surface area contributed by atoms with E-state index in [4.69, 9.17) is 15.2 Å². The zero-order valence-electron chi connectivity index (χ0n) is 9.58. The van der Waals surface area contributed by atoms with Gasteiger partial charge in [-0.25, -0.2) is 14.5 Å². The molecule has 0 radical (unpaired) electrons. The summed E-state index contributed by atoms with van der Waals surface area (Å²) in [6, 6.07) is 0. The van der Waals surface area contributed by atoms with Crippen LogP contribution in [0.5, 0.6) is 0 Å². The minimum atomic E-state index is -0.940. The number of rotatable bonds is 5. The number of aromatic nitrogens is 3. The predicted octanol–water partition coefficient (Wildman–Crippen LogP) is 0.347. The van der Waals surface area contributed by atoms with E-state index in [2.05, 4.69) is 10.1 Å². The smallest absolute Gasteiger partial charge is 0.358 e. The lowest BCUT2D eigenvalue weighted by atomic mass is 10.4. The average molecular weight is 228 g/mol. The molecule has 0 saturated carbocycles. The largest absolute Gasteiger partial charge is 0.463 e. The molecule has 0 aliphatic heterocycles. The molecule has 0 fully saturated rings. The van der Waals surface area contributed by atoms with E-state index < -0.39 is 12.2 Å². The number of carbonyl (C=O) groups is 1. The molecule has 0 saturated heterocycles. The van der Waals surface area contributed by atoms with Crippen molar-refractivity contribution in [1.29, 1.82) is 0 Å². The molecular weight excluding hydrogens is 212 g/mol. The molecular formula is C9H16N4O3. The number of hydrogen-bond acceptors (Lipinski definition) is 6. The van der Waals surface area contributed by atoms with E-state index in [0.29, 0.717) is 0 Å². The summed E-state index contributed by atoms with van der Waals surface area (Å²) in [6.07, 6.45) is 0.254. The molecule has 0 aromatic carbocycles. The normalized spacial score (nSPS) is 12.8. The molecule has 0 bridgehead atoms. The number of esters is 1. The summed E-state index contributed by atoms with van der Waals surface area (Å²) in [4.78, 5) is 15.3. The van der Waals surface area contributed by atoms with Crippen LogP contribution in [0.1, 0.15) is 27.0 Å². The van der Waals surface area contributed by atoms with E-state index in [1.807, 2.05) is 13.8 Å². The molecule has 90 valence electrons.